The van der Waals surface area contributed by atoms with E-state index in [0.29, 0.717) is 19.5 Å². The number of hydrogen-bond acceptors (Lipinski definition) is 3. The molecular formula is C8H18N2O. The van der Waals surface area contributed by atoms with Gasteiger partial charge in [-0.3, -0.25) is 9.69 Å². The molecule has 0 atom stereocenters. The van der Waals surface area contributed by atoms with Gasteiger partial charge in [0.15, 0.2) is 0 Å². The lowest BCUT2D eigenvalue weighted by atomic mass is 10.2. The molecule has 3 heteroatoms. The molecule has 0 aliphatic rings. The number of likely N-dealkylation sites (N-methyl/N-ethyl adjacent to an activating group) is 1. The Morgan fingerprint density at radius 3 is 2.27 bits per heavy atom. The SMILES string of the molecule is CCN(CC)CC(=O)CCN. The van der Waals surface area contributed by atoms with Crippen LogP contribution in [-0.2, 0) is 4.79 Å². The summed E-state index contributed by atoms with van der Waals surface area (Å²) in [7, 11) is 0. The van der Waals surface area contributed by atoms with Gasteiger partial charge >= 0.3 is 0 Å². The molecule has 0 aromatic heterocycles. The zero-order chi connectivity index (χ0) is 8.69. The summed E-state index contributed by atoms with van der Waals surface area (Å²) < 4.78 is 0. The molecule has 0 saturated heterocycles. The van der Waals surface area contributed by atoms with Gasteiger partial charge in [-0.05, 0) is 19.6 Å². The highest BCUT2D eigenvalue weighted by molar-refractivity contribution is 5.80. The maximum Gasteiger partial charge on any atom is 0.148 e. The van der Waals surface area contributed by atoms with E-state index < -0.39 is 0 Å². The predicted octanol–water partition coefficient (Wildman–Crippen LogP) is 0.246. The first-order valence-corrected chi connectivity index (χ1v) is 4.18. The van der Waals surface area contributed by atoms with Gasteiger partial charge in [0.1, 0.15) is 5.78 Å². The minimum Gasteiger partial charge on any atom is -0.330 e. The molecule has 0 aliphatic heterocycles. The van der Waals surface area contributed by atoms with Crippen LogP contribution in [0.15, 0.2) is 0 Å². The van der Waals surface area contributed by atoms with Gasteiger partial charge in [-0.15, -0.1) is 0 Å². The largest absolute Gasteiger partial charge is 0.330 e. The minimum atomic E-state index is 0.246. The molecule has 0 saturated carbocycles. The zero-order valence-corrected chi connectivity index (χ0v) is 7.47. The number of nitrogens with two attached hydrogens (primary N) is 1. The van der Waals surface area contributed by atoms with Gasteiger partial charge in [-0.2, -0.15) is 0 Å². The molecular weight excluding hydrogens is 140 g/mol. The number of Topliss-reactive ketones (excluding diaryl/α,β-unsaturated/α-hetero) is 1. The molecule has 0 spiro atoms. The molecule has 0 aromatic carbocycles. The van der Waals surface area contributed by atoms with Gasteiger partial charge in [0.25, 0.3) is 0 Å². The summed E-state index contributed by atoms with van der Waals surface area (Å²) in [4.78, 5) is 13.1. The van der Waals surface area contributed by atoms with Gasteiger partial charge in [-0.1, -0.05) is 13.8 Å². The lowest BCUT2D eigenvalue weighted by Crippen LogP contribution is -2.30. The fraction of sp³-hybridized carbons (Fsp3) is 0.875. The Kier molecular flexibility index (Phi) is 6.07. The van der Waals surface area contributed by atoms with Gasteiger partial charge in [0, 0.05) is 6.42 Å². The number of ketones is 1. The highest BCUT2D eigenvalue weighted by Crippen LogP contribution is 1.89. The van der Waals surface area contributed by atoms with Crippen LogP contribution < -0.4 is 5.73 Å². The monoisotopic (exact) mass is 158 g/mol. The van der Waals surface area contributed by atoms with E-state index in [2.05, 4.69) is 18.7 Å². The number of carbonyl (C=O) groups excluding carboxylic acids is 1. The first kappa shape index (κ1) is 10.6. The molecule has 0 unspecified atom stereocenters. The highest BCUT2D eigenvalue weighted by atomic mass is 16.1. The first-order valence-electron chi connectivity index (χ1n) is 4.18. The summed E-state index contributed by atoms with van der Waals surface area (Å²) in [6.07, 6.45) is 0.510. The van der Waals surface area contributed by atoms with E-state index in [1.165, 1.54) is 0 Å². The molecule has 0 bridgehead atoms. The van der Waals surface area contributed by atoms with E-state index in [1.807, 2.05) is 0 Å². The van der Waals surface area contributed by atoms with E-state index in [0.717, 1.165) is 13.1 Å². The highest BCUT2D eigenvalue weighted by Gasteiger charge is 2.04. The van der Waals surface area contributed by atoms with Gasteiger partial charge in [-0.25, -0.2) is 0 Å². The lowest BCUT2D eigenvalue weighted by Gasteiger charge is -2.16. The van der Waals surface area contributed by atoms with Crippen molar-refractivity contribution in [2.75, 3.05) is 26.2 Å². The second kappa shape index (κ2) is 6.31. The normalized spacial score (nSPS) is 10.5. The standard InChI is InChI=1S/C8H18N2O/c1-3-10(4-2)7-8(11)5-6-9/h3-7,9H2,1-2H3. The Morgan fingerprint density at radius 2 is 1.91 bits per heavy atom. The Balaban J connectivity index is 3.54. The third-order valence-corrected chi connectivity index (χ3v) is 1.72. The quantitative estimate of drug-likeness (QED) is 0.602. The molecule has 3 nitrogen and oxygen atoms in total. The van der Waals surface area contributed by atoms with Gasteiger partial charge < -0.3 is 5.73 Å². The van der Waals surface area contributed by atoms with E-state index >= 15 is 0 Å². The second-order valence-corrected chi connectivity index (χ2v) is 2.54. The van der Waals surface area contributed by atoms with E-state index in [1.54, 1.807) is 0 Å². The molecule has 0 heterocycles. The van der Waals surface area contributed by atoms with Crippen molar-refractivity contribution in [1.29, 1.82) is 0 Å². The van der Waals surface area contributed by atoms with Crippen LogP contribution in [0.25, 0.3) is 0 Å². The Morgan fingerprint density at radius 1 is 1.36 bits per heavy atom. The molecule has 0 aromatic rings. The van der Waals surface area contributed by atoms with E-state index in [9.17, 15) is 4.79 Å². The maximum atomic E-state index is 11.0. The molecule has 2 N–H and O–H groups in total. The molecule has 66 valence electrons. The van der Waals surface area contributed by atoms with Crippen molar-refractivity contribution in [3.8, 4) is 0 Å². The van der Waals surface area contributed by atoms with Crippen molar-refractivity contribution >= 4 is 5.78 Å². The molecule has 0 fully saturated rings. The molecule has 11 heavy (non-hydrogen) atoms. The van der Waals surface area contributed by atoms with Crippen molar-refractivity contribution in [1.82, 2.24) is 4.90 Å². The lowest BCUT2D eigenvalue weighted by molar-refractivity contribution is -0.119. The van der Waals surface area contributed by atoms with Crippen LogP contribution >= 0.6 is 0 Å². The summed E-state index contributed by atoms with van der Waals surface area (Å²) in [5, 5.41) is 0. The molecule has 0 amide bonds. The summed E-state index contributed by atoms with van der Waals surface area (Å²) in [6, 6.07) is 0. The third kappa shape index (κ3) is 4.93. The van der Waals surface area contributed by atoms with Crippen molar-refractivity contribution in [2.45, 2.75) is 20.3 Å². The average molecular weight is 158 g/mol. The summed E-state index contributed by atoms with van der Waals surface area (Å²) >= 11 is 0. The average Bonchev–Trinajstić information content (AvgIpc) is 2.01. The Hall–Kier alpha value is -0.410. The van der Waals surface area contributed by atoms with E-state index in [4.69, 9.17) is 5.73 Å². The fourth-order valence-corrected chi connectivity index (χ4v) is 0.937. The first-order chi connectivity index (χ1) is 5.24. The zero-order valence-electron chi connectivity index (χ0n) is 7.47. The van der Waals surface area contributed by atoms with Crippen LogP contribution in [0.5, 0.6) is 0 Å². The van der Waals surface area contributed by atoms with Crippen LogP contribution in [0.4, 0.5) is 0 Å². The van der Waals surface area contributed by atoms with Crippen molar-refractivity contribution in [3.63, 3.8) is 0 Å². The summed E-state index contributed by atoms with van der Waals surface area (Å²) in [5.41, 5.74) is 5.25. The predicted molar refractivity (Wildman–Crippen MR) is 46.5 cm³/mol. The van der Waals surface area contributed by atoms with Gasteiger partial charge in [0.05, 0.1) is 6.54 Å². The maximum absolute atomic E-state index is 11.0. The summed E-state index contributed by atoms with van der Waals surface area (Å²) in [6.45, 7) is 7.02. The number of carbonyl (C=O) groups is 1. The number of hydrogen-bond donors (Lipinski definition) is 1. The van der Waals surface area contributed by atoms with Crippen molar-refractivity contribution in [2.24, 2.45) is 5.73 Å². The summed E-state index contributed by atoms with van der Waals surface area (Å²) in [5.74, 6) is 0.246. The minimum absolute atomic E-state index is 0.246. The number of rotatable bonds is 6. The second-order valence-electron chi connectivity index (χ2n) is 2.54. The van der Waals surface area contributed by atoms with Crippen molar-refractivity contribution < 1.29 is 4.79 Å². The van der Waals surface area contributed by atoms with Crippen LogP contribution in [0.2, 0.25) is 0 Å². The van der Waals surface area contributed by atoms with Crippen LogP contribution in [0, 0.1) is 0 Å². The third-order valence-electron chi connectivity index (χ3n) is 1.72. The van der Waals surface area contributed by atoms with Gasteiger partial charge in [0.2, 0.25) is 0 Å². The molecule has 0 radical (unpaired) electrons. The van der Waals surface area contributed by atoms with Crippen LogP contribution in [-0.4, -0.2) is 36.9 Å². The van der Waals surface area contributed by atoms with Crippen LogP contribution in [0.3, 0.4) is 0 Å². The molecule has 0 aliphatic carbocycles. The van der Waals surface area contributed by atoms with Crippen molar-refractivity contribution in [3.05, 3.63) is 0 Å². The Bertz CT molecular complexity index is 111. The fourth-order valence-electron chi connectivity index (χ4n) is 0.937. The number of nitrogens with zero attached hydrogens (tertiary/aromatic N) is 1. The molecule has 0 rings (SSSR count). The topological polar surface area (TPSA) is 46.3 Å². The van der Waals surface area contributed by atoms with Crippen LogP contribution in [0.1, 0.15) is 20.3 Å². The Labute approximate surface area is 68.6 Å². The van der Waals surface area contributed by atoms with E-state index in [-0.39, 0.29) is 5.78 Å². The smallest absolute Gasteiger partial charge is 0.148 e.